The fourth-order valence-electron chi connectivity index (χ4n) is 1.08. The summed E-state index contributed by atoms with van der Waals surface area (Å²) in [5.74, 6) is -1.87. The van der Waals surface area contributed by atoms with E-state index < -0.39 is 17.9 Å². The number of halogens is 4. The normalized spacial score (nSPS) is 14.3. The van der Waals surface area contributed by atoms with Gasteiger partial charge in [-0.1, -0.05) is 0 Å². The first kappa shape index (κ1) is 9.82. The number of hydrogen-bond acceptors (Lipinski definition) is 2. The van der Waals surface area contributed by atoms with Crippen LogP contribution in [0, 0.1) is 5.82 Å². The van der Waals surface area contributed by atoms with Crippen molar-refractivity contribution in [2.75, 3.05) is 0 Å². The molecule has 0 bridgehead atoms. The molecular formula is C9H5F4NO. The van der Waals surface area contributed by atoms with Crippen LogP contribution >= 0.6 is 0 Å². The van der Waals surface area contributed by atoms with Crippen molar-refractivity contribution in [3.8, 4) is 5.75 Å². The Kier molecular flexibility index (Phi) is 2.06. The molecule has 0 radical (unpaired) electrons. The summed E-state index contributed by atoms with van der Waals surface area (Å²) in [4.78, 5) is 0. The molecule has 0 amide bonds. The summed E-state index contributed by atoms with van der Waals surface area (Å²) in [6.07, 6.45) is -3.27. The molecule has 1 aromatic carbocycles. The SMILES string of the molecule is Fc1cc(C2=CN2)ccc1OC(F)(F)F. The van der Waals surface area contributed by atoms with E-state index >= 15 is 0 Å². The van der Waals surface area contributed by atoms with Crippen molar-refractivity contribution in [2.45, 2.75) is 6.36 Å². The first-order valence-corrected chi connectivity index (χ1v) is 3.98. The second kappa shape index (κ2) is 3.15. The lowest BCUT2D eigenvalue weighted by Gasteiger charge is -2.09. The highest BCUT2D eigenvalue weighted by molar-refractivity contribution is 5.74. The smallest absolute Gasteiger partial charge is 0.403 e. The van der Waals surface area contributed by atoms with Gasteiger partial charge < -0.3 is 10.1 Å². The zero-order chi connectivity index (χ0) is 11.1. The van der Waals surface area contributed by atoms with Gasteiger partial charge in [0.15, 0.2) is 11.6 Å². The van der Waals surface area contributed by atoms with Gasteiger partial charge in [0.1, 0.15) is 0 Å². The monoisotopic (exact) mass is 219 g/mol. The highest BCUT2D eigenvalue weighted by Crippen LogP contribution is 2.28. The molecule has 15 heavy (non-hydrogen) atoms. The van der Waals surface area contributed by atoms with Crippen LogP contribution in [0.15, 0.2) is 24.4 Å². The van der Waals surface area contributed by atoms with Crippen molar-refractivity contribution in [2.24, 2.45) is 0 Å². The minimum Gasteiger partial charge on any atom is -0.403 e. The maximum absolute atomic E-state index is 13.1. The first-order valence-electron chi connectivity index (χ1n) is 3.98. The minimum absolute atomic E-state index is 0.488. The maximum atomic E-state index is 13.1. The summed E-state index contributed by atoms with van der Waals surface area (Å²) < 4.78 is 51.9. The van der Waals surface area contributed by atoms with Crippen molar-refractivity contribution in [1.29, 1.82) is 0 Å². The predicted molar refractivity (Wildman–Crippen MR) is 44.2 cm³/mol. The maximum Gasteiger partial charge on any atom is 0.573 e. The van der Waals surface area contributed by atoms with Gasteiger partial charge in [-0.2, -0.15) is 0 Å². The van der Waals surface area contributed by atoms with Gasteiger partial charge in [0.05, 0.1) is 5.70 Å². The average molecular weight is 219 g/mol. The summed E-state index contributed by atoms with van der Waals surface area (Å²) in [5.41, 5.74) is 1.18. The van der Waals surface area contributed by atoms with E-state index in [0.717, 1.165) is 12.1 Å². The number of hydrogen-bond donors (Lipinski definition) is 1. The molecule has 6 heteroatoms. The van der Waals surface area contributed by atoms with E-state index in [0.29, 0.717) is 11.3 Å². The summed E-state index contributed by atoms with van der Waals surface area (Å²) in [6.45, 7) is 0. The second-order valence-electron chi connectivity index (χ2n) is 2.90. The van der Waals surface area contributed by atoms with Gasteiger partial charge in [-0.3, -0.25) is 0 Å². The molecule has 1 aromatic rings. The van der Waals surface area contributed by atoms with Crippen LogP contribution in [0.25, 0.3) is 5.70 Å². The molecule has 80 valence electrons. The Balaban J connectivity index is 2.22. The lowest BCUT2D eigenvalue weighted by Crippen LogP contribution is -2.17. The van der Waals surface area contributed by atoms with Gasteiger partial charge in [-0.25, -0.2) is 4.39 Å². The van der Waals surface area contributed by atoms with Crippen molar-refractivity contribution in [3.05, 3.63) is 35.8 Å². The van der Waals surface area contributed by atoms with Crippen LogP contribution in [0.4, 0.5) is 17.6 Å². The van der Waals surface area contributed by atoms with Crippen LogP contribution in [0.3, 0.4) is 0 Å². The lowest BCUT2D eigenvalue weighted by molar-refractivity contribution is -0.275. The summed E-state index contributed by atoms with van der Waals surface area (Å²) in [5, 5.41) is 2.71. The number of nitrogens with one attached hydrogen (secondary N) is 1. The summed E-state index contributed by atoms with van der Waals surface area (Å²) in [7, 11) is 0. The standard InChI is InChI=1S/C9H5F4NO/c10-6-3-5(7-4-14-7)1-2-8(6)15-9(11,12)13/h1-4,14H. The number of rotatable bonds is 2. The highest BCUT2D eigenvalue weighted by Gasteiger charge is 2.32. The third kappa shape index (κ3) is 2.39. The number of alkyl halides is 3. The van der Waals surface area contributed by atoms with E-state index in [-0.39, 0.29) is 0 Å². The van der Waals surface area contributed by atoms with E-state index in [9.17, 15) is 17.6 Å². The summed E-state index contributed by atoms with van der Waals surface area (Å²) >= 11 is 0. The van der Waals surface area contributed by atoms with Crippen LogP contribution in [0.1, 0.15) is 5.56 Å². The molecule has 0 aliphatic carbocycles. The molecule has 1 N–H and O–H groups in total. The van der Waals surface area contributed by atoms with Gasteiger partial charge in [-0.15, -0.1) is 13.2 Å². The van der Waals surface area contributed by atoms with Gasteiger partial charge in [0.25, 0.3) is 0 Å². The Morgan fingerprint density at radius 1 is 1.20 bits per heavy atom. The van der Waals surface area contributed by atoms with Crippen molar-refractivity contribution < 1.29 is 22.3 Å². The van der Waals surface area contributed by atoms with Crippen molar-refractivity contribution >= 4 is 5.70 Å². The first-order chi connectivity index (χ1) is 6.96. The molecule has 0 aromatic heterocycles. The fraction of sp³-hybridized carbons (Fsp3) is 0.111. The fourth-order valence-corrected chi connectivity index (χ4v) is 1.08. The molecule has 0 spiro atoms. The van der Waals surface area contributed by atoms with Crippen LogP contribution in [0.2, 0.25) is 0 Å². The van der Waals surface area contributed by atoms with Crippen LogP contribution in [-0.2, 0) is 0 Å². The lowest BCUT2D eigenvalue weighted by atomic mass is 10.2. The Hall–Kier alpha value is -1.72. The van der Waals surface area contributed by atoms with E-state index in [1.165, 1.54) is 6.07 Å². The Labute approximate surface area is 82.2 Å². The molecule has 1 aliphatic heterocycles. The van der Waals surface area contributed by atoms with E-state index in [2.05, 4.69) is 10.1 Å². The van der Waals surface area contributed by atoms with E-state index in [4.69, 9.17) is 0 Å². The topological polar surface area (TPSA) is 31.2 Å². The molecule has 0 atom stereocenters. The van der Waals surface area contributed by atoms with Gasteiger partial charge >= 0.3 is 6.36 Å². The quantitative estimate of drug-likeness (QED) is 0.775. The molecule has 2 nitrogen and oxygen atoms in total. The van der Waals surface area contributed by atoms with Crippen LogP contribution in [0.5, 0.6) is 5.75 Å². The minimum atomic E-state index is -4.88. The molecule has 1 heterocycles. The Bertz CT molecular complexity index is 425. The molecule has 0 unspecified atom stereocenters. The van der Waals surface area contributed by atoms with Crippen LogP contribution < -0.4 is 10.1 Å². The van der Waals surface area contributed by atoms with E-state index in [1.807, 2.05) is 0 Å². The van der Waals surface area contributed by atoms with Gasteiger partial charge in [0, 0.05) is 11.8 Å². The Morgan fingerprint density at radius 2 is 1.87 bits per heavy atom. The largest absolute Gasteiger partial charge is 0.573 e. The average Bonchev–Trinajstić information content (AvgIpc) is 2.89. The van der Waals surface area contributed by atoms with Crippen molar-refractivity contribution in [3.63, 3.8) is 0 Å². The molecule has 1 aliphatic rings. The van der Waals surface area contributed by atoms with Crippen molar-refractivity contribution in [1.82, 2.24) is 5.32 Å². The molecular weight excluding hydrogens is 214 g/mol. The number of benzene rings is 1. The van der Waals surface area contributed by atoms with E-state index in [1.54, 1.807) is 6.20 Å². The van der Waals surface area contributed by atoms with Crippen LogP contribution in [-0.4, -0.2) is 6.36 Å². The predicted octanol–water partition coefficient (Wildman–Crippen LogP) is 2.63. The molecule has 2 rings (SSSR count). The highest BCUT2D eigenvalue weighted by atomic mass is 19.4. The summed E-state index contributed by atoms with van der Waals surface area (Å²) in [6, 6.07) is 3.27. The Morgan fingerprint density at radius 3 is 2.33 bits per heavy atom. The molecule has 0 fully saturated rings. The molecule has 0 saturated heterocycles. The second-order valence-corrected chi connectivity index (χ2v) is 2.90. The third-order valence-corrected chi connectivity index (χ3v) is 1.76. The zero-order valence-electron chi connectivity index (χ0n) is 7.23. The van der Waals surface area contributed by atoms with Gasteiger partial charge in [-0.05, 0) is 18.2 Å². The third-order valence-electron chi connectivity index (χ3n) is 1.76. The number of ether oxygens (including phenoxy) is 1. The molecule has 0 saturated carbocycles. The zero-order valence-corrected chi connectivity index (χ0v) is 7.23. The van der Waals surface area contributed by atoms with Gasteiger partial charge in [0.2, 0.25) is 0 Å².